The predicted molar refractivity (Wildman–Crippen MR) is 100 cm³/mol. The summed E-state index contributed by atoms with van der Waals surface area (Å²) in [6, 6.07) is 6.11. The summed E-state index contributed by atoms with van der Waals surface area (Å²) in [5.41, 5.74) is -3.93. The van der Waals surface area contributed by atoms with E-state index in [9.17, 15) is 35.5 Å². The second-order valence-corrected chi connectivity index (χ2v) is 7.49. The zero-order chi connectivity index (χ0) is 23.9. The van der Waals surface area contributed by atoms with Crippen LogP contribution in [0.2, 0.25) is 0 Å². The van der Waals surface area contributed by atoms with E-state index in [2.05, 4.69) is 0 Å². The number of thiophene rings is 1. The highest BCUT2D eigenvalue weighted by molar-refractivity contribution is 7.12. The predicted octanol–water partition coefficient (Wildman–Crippen LogP) is 5.88. The molecule has 0 radical (unpaired) electrons. The molecule has 0 bridgehead atoms. The van der Waals surface area contributed by atoms with E-state index >= 15 is 0 Å². The molecule has 3 aromatic rings. The largest absolute Gasteiger partial charge is 0.489 e. The molecule has 2 aromatic carbocycles. The fourth-order valence-corrected chi connectivity index (χ4v) is 3.66. The van der Waals surface area contributed by atoms with Crippen molar-refractivity contribution >= 4 is 22.9 Å². The third-order valence-electron chi connectivity index (χ3n) is 4.41. The van der Waals surface area contributed by atoms with Gasteiger partial charge in [-0.3, -0.25) is 4.79 Å². The molecule has 1 N–H and O–H groups in total. The Kier molecular flexibility index (Phi) is 5.82. The summed E-state index contributed by atoms with van der Waals surface area (Å²) < 4.78 is 109. The Morgan fingerprint density at radius 2 is 1.67 bits per heavy atom. The number of fused-ring (bicyclic) bond motifs is 1. The van der Waals surface area contributed by atoms with Crippen molar-refractivity contribution in [1.82, 2.24) is 0 Å². The van der Waals surface area contributed by atoms with E-state index < -0.39 is 46.6 Å². The summed E-state index contributed by atoms with van der Waals surface area (Å²) in [7, 11) is 0. The lowest BCUT2D eigenvalue weighted by atomic mass is 10.1. The Hall–Kier alpha value is -3.48. The van der Waals surface area contributed by atoms with Crippen molar-refractivity contribution in [2.75, 3.05) is 12.1 Å². The van der Waals surface area contributed by atoms with Gasteiger partial charge in [0.2, 0.25) is 6.79 Å². The van der Waals surface area contributed by atoms with Gasteiger partial charge in [-0.05, 0) is 23.6 Å². The average molecular weight is 493 g/mol. The van der Waals surface area contributed by atoms with Gasteiger partial charge in [-0.15, -0.1) is 11.3 Å². The molecule has 0 atom stereocenters. The Morgan fingerprint density at radius 1 is 1.00 bits per heavy atom. The highest BCUT2D eigenvalue weighted by Crippen LogP contribution is 2.39. The molecule has 4 rings (SSSR count). The van der Waals surface area contributed by atoms with Crippen LogP contribution in [0.5, 0.6) is 17.2 Å². The van der Waals surface area contributed by atoms with Crippen LogP contribution in [-0.4, -0.2) is 12.7 Å². The molecule has 0 spiro atoms. The number of nitrogens with one attached hydrogen (secondary N) is 1. The van der Waals surface area contributed by atoms with Gasteiger partial charge in [0, 0.05) is 11.6 Å². The second kappa shape index (κ2) is 8.46. The lowest BCUT2D eigenvalue weighted by Crippen LogP contribution is -2.19. The number of alkyl halides is 3. The maximum atomic E-state index is 14.0. The molecule has 1 amide bonds. The molecule has 0 saturated heterocycles. The molecule has 1 aromatic heterocycles. The number of benzene rings is 2. The summed E-state index contributed by atoms with van der Waals surface area (Å²) in [5, 5.41) is 3.05. The maximum Gasteiger partial charge on any atom is 0.422 e. The van der Waals surface area contributed by atoms with Crippen LogP contribution in [0, 0.1) is 23.3 Å². The third kappa shape index (κ3) is 4.40. The number of halogens is 7. The molecule has 1 aliphatic rings. The molecule has 2 heterocycles. The van der Waals surface area contributed by atoms with Gasteiger partial charge in [0.1, 0.15) is 23.6 Å². The molecular formula is C20H10F7NO4S. The van der Waals surface area contributed by atoms with Crippen molar-refractivity contribution in [3.8, 4) is 17.2 Å². The SMILES string of the molecule is O=C(Nc1c(F)c(F)c(C(F)(F)F)c(F)c1F)c1cc(COc2ccc3c(c2)OCO3)cs1. The minimum absolute atomic E-state index is 0.0182. The Morgan fingerprint density at radius 3 is 2.33 bits per heavy atom. The minimum atomic E-state index is -5.68. The van der Waals surface area contributed by atoms with Gasteiger partial charge in [-0.25, -0.2) is 17.6 Å². The van der Waals surface area contributed by atoms with Crippen molar-refractivity contribution in [3.63, 3.8) is 0 Å². The molecule has 13 heteroatoms. The summed E-state index contributed by atoms with van der Waals surface area (Å²) in [6.07, 6.45) is -5.68. The van der Waals surface area contributed by atoms with E-state index in [0.29, 0.717) is 22.8 Å². The van der Waals surface area contributed by atoms with Crippen LogP contribution in [0.1, 0.15) is 20.8 Å². The molecule has 5 nitrogen and oxygen atoms in total. The number of anilines is 1. The first-order chi connectivity index (χ1) is 15.6. The van der Waals surface area contributed by atoms with E-state index in [1.165, 1.54) is 11.4 Å². The quantitative estimate of drug-likeness (QED) is 0.356. The monoisotopic (exact) mass is 493 g/mol. The fraction of sp³-hybridized carbons (Fsp3) is 0.150. The van der Waals surface area contributed by atoms with Gasteiger partial charge in [-0.1, -0.05) is 0 Å². The topological polar surface area (TPSA) is 56.8 Å². The maximum absolute atomic E-state index is 14.0. The van der Waals surface area contributed by atoms with E-state index in [1.807, 2.05) is 0 Å². The number of hydrogen-bond donors (Lipinski definition) is 1. The van der Waals surface area contributed by atoms with Crippen LogP contribution in [0.25, 0.3) is 0 Å². The van der Waals surface area contributed by atoms with Crippen molar-refractivity contribution in [3.05, 3.63) is 68.9 Å². The van der Waals surface area contributed by atoms with E-state index in [1.54, 1.807) is 23.5 Å². The van der Waals surface area contributed by atoms with Crippen LogP contribution in [-0.2, 0) is 12.8 Å². The molecule has 0 aliphatic carbocycles. The highest BCUT2D eigenvalue weighted by atomic mass is 32.1. The minimum Gasteiger partial charge on any atom is -0.489 e. The van der Waals surface area contributed by atoms with E-state index in [4.69, 9.17) is 14.2 Å². The first-order valence-electron chi connectivity index (χ1n) is 8.90. The summed E-state index contributed by atoms with van der Waals surface area (Å²) in [4.78, 5) is 12.1. The normalized spacial score (nSPS) is 12.7. The van der Waals surface area contributed by atoms with Crippen LogP contribution < -0.4 is 19.5 Å². The van der Waals surface area contributed by atoms with Crippen LogP contribution in [0.4, 0.5) is 36.4 Å². The summed E-state index contributed by atoms with van der Waals surface area (Å²) >= 11 is 0.811. The Bertz CT molecular complexity index is 1210. The van der Waals surface area contributed by atoms with Crippen LogP contribution in [0.15, 0.2) is 29.6 Å². The molecule has 33 heavy (non-hydrogen) atoms. The molecule has 0 unspecified atom stereocenters. The standard InChI is InChI=1S/C20H10F7NO4S/c21-14-13(20(25,26)27)15(22)17(24)18(16(14)23)28-19(29)12-3-8(6-33-12)5-30-9-1-2-10-11(4-9)32-7-31-10/h1-4,6H,5,7H2,(H,28,29). The molecule has 0 saturated carbocycles. The van der Waals surface area contributed by atoms with Gasteiger partial charge in [0.15, 0.2) is 34.8 Å². The van der Waals surface area contributed by atoms with Gasteiger partial charge in [-0.2, -0.15) is 13.2 Å². The zero-order valence-corrected chi connectivity index (χ0v) is 16.8. The summed E-state index contributed by atoms with van der Waals surface area (Å²) in [5.74, 6) is -9.82. The van der Waals surface area contributed by atoms with Gasteiger partial charge < -0.3 is 19.5 Å². The highest BCUT2D eigenvalue weighted by Gasteiger charge is 2.42. The van der Waals surface area contributed by atoms with Crippen molar-refractivity contribution in [1.29, 1.82) is 0 Å². The zero-order valence-electron chi connectivity index (χ0n) is 16.0. The third-order valence-corrected chi connectivity index (χ3v) is 5.39. The fourth-order valence-electron chi connectivity index (χ4n) is 2.87. The molecule has 1 aliphatic heterocycles. The van der Waals surface area contributed by atoms with Crippen molar-refractivity contribution in [2.24, 2.45) is 0 Å². The lowest BCUT2D eigenvalue weighted by molar-refractivity contribution is -0.143. The Balaban J connectivity index is 1.48. The number of carbonyl (C=O) groups excluding carboxylic acids is 1. The number of rotatable bonds is 5. The number of amides is 1. The molecule has 0 fully saturated rings. The summed E-state index contributed by atoms with van der Waals surface area (Å²) in [6.45, 7) is 0.0609. The second-order valence-electron chi connectivity index (χ2n) is 6.58. The van der Waals surface area contributed by atoms with E-state index in [0.717, 1.165) is 11.3 Å². The number of carbonyl (C=O) groups is 1. The average Bonchev–Trinajstić information content (AvgIpc) is 3.42. The molecule has 174 valence electrons. The van der Waals surface area contributed by atoms with Gasteiger partial charge in [0.25, 0.3) is 5.91 Å². The Labute approximate surface area is 184 Å². The van der Waals surface area contributed by atoms with Crippen molar-refractivity contribution in [2.45, 2.75) is 12.8 Å². The number of hydrogen-bond acceptors (Lipinski definition) is 5. The first kappa shape index (κ1) is 22.7. The molecular weight excluding hydrogens is 483 g/mol. The lowest BCUT2D eigenvalue weighted by Gasteiger charge is -2.14. The number of ether oxygens (including phenoxy) is 3. The van der Waals surface area contributed by atoms with Gasteiger partial charge in [0.05, 0.1) is 4.88 Å². The van der Waals surface area contributed by atoms with Gasteiger partial charge >= 0.3 is 6.18 Å². The van der Waals surface area contributed by atoms with Crippen LogP contribution in [0.3, 0.4) is 0 Å². The smallest absolute Gasteiger partial charge is 0.422 e. The first-order valence-corrected chi connectivity index (χ1v) is 9.78. The van der Waals surface area contributed by atoms with Crippen molar-refractivity contribution < 1.29 is 49.7 Å². The van der Waals surface area contributed by atoms with Crippen LogP contribution >= 0.6 is 11.3 Å². The van der Waals surface area contributed by atoms with E-state index in [-0.39, 0.29) is 18.3 Å².